The van der Waals surface area contributed by atoms with Crippen LogP contribution in [0.15, 0.2) is 24.3 Å². The molecule has 4 heteroatoms. The summed E-state index contributed by atoms with van der Waals surface area (Å²) in [6.07, 6.45) is 3.16. The Morgan fingerprint density at radius 2 is 2.16 bits per heavy atom. The van der Waals surface area contributed by atoms with Crippen molar-refractivity contribution in [1.29, 1.82) is 5.26 Å². The van der Waals surface area contributed by atoms with Gasteiger partial charge >= 0.3 is 0 Å². The maximum Gasteiger partial charge on any atom is 0.237 e. The van der Waals surface area contributed by atoms with Gasteiger partial charge in [-0.3, -0.25) is 4.79 Å². The van der Waals surface area contributed by atoms with Crippen LogP contribution >= 0.6 is 0 Å². The fourth-order valence-corrected chi connectivity index (χ4v) is 2.32. The highest BCUT2D eigenvalue weighted by molar-refractivity contribution is 5.82. The van der Waals surface area contributed by atoms with Crippen molar-refractivity contribution in [2.45, 2.75) is 38.3 Å². The van der Waals surface area contributed by atoms with Crippen LogP contribution in [0.1, 0.15) is 43.4 Å². The van der Waals surface area contributed by atoms with Crippen molar-refractivity contribution in [2.24, 2.45) is 0 Å². The molecule has 1 fully saturated rings. The molecule has 1 saturated heterocycles. The van der Waals surface area contributed by atoms with E-state index in [1.54, 1.807) is 12.1 Å². The number of carbonyl (C=O) groups is 1. The lowest BCUT2D eigenvalue weighted by Crippen LogP contribution is -2.47. The van der Waals surface area contributed by atoms with Crippen LogP contribution in [0.3, 0.4) is 0 Å². The lowest BCUT2D eigenvalue weighted by Gasteiger charge is -2.24. The van der Waals surface area contributed by atoms with E-state index in [2.05, 4.69) is 16.7 Å². The summed E-state index contributed by atoms with van der Waals surface area (Å²) in [4.78, 5) is 12.1. The predicted octanol–water partition coefficient (Wildman–Crippen LogP) is 1.88. The highest BCUT2D eigenvalue weighted by Crippen LogP contribution is 2.14. The zero-order valence-electron chi connectivity index (χ0n) is 11.1. The van der Waals surface area contributed by atoms with E-state index in [1.165, 1.54) is 0 Å². The molecule has 1 unspecified atom stereocenters. The number of amides is 1. The van der Waals surface area contributed by atoms with Crippen molar-refractivity contribution >= 4 is 5.91 Å². The largest absolute Gasteiger partial charge is 0.348 e. The molecule has 0 spiro atoms. The van der Waals surface area contributed by atoms with Crippen LogP contribution in [0.4, 0.5) is 0 Å². The van der Waals surface area contributed by atoms with Gasteiger partial charge in [-0.2, -0.15) is 5.26 Å². The lowest BCUT2D eigenvalue weighted by molar-refractivity contribution is -0.124. The Morgan fingerprint density at radius 3 is 2.74 bits per heavy atom. The molecule has 1 amide bonds. The fourth-order valence-electron chi connectivity index (χ4n) is 2.32. The van der Waals surface area contributed by atoms with Crippen LogP contribution in [-0.4, -0.2) is 18.5 Å². The molecule has 1 heterocycles. The van der Waals surface area contributed by atoms with Crippen molar-refractivity contribution in [3.8, 4) is 6.07 Å². The molecule has 1 aliphatic heterocycles. The summed E-state index contributed by atoms with van der Waals surface area (Å²) in [5, 5.41) is 15.0. The average molecular weight is 257 g/mol. The smallest absolute Gasteiger partial charge is 0.237 e. The maximum atomic E-state index is 12.1. The van der Waals surface area contributed by atoms with Gasteiger partial charge in [0, 0.05) is 0 Å². The molecule has 0 saturated carbocycles. The molecule has 1 aromatic rings. The quantitative estimate of drug-likeness (QED) is 0.869. The third kappa shape index (κ3) is 3.55. The Balaban J connectivity index is 1.93. The summed E-state index contributed by atoms with van der Waals surface area (Å²) in [7, 11) is 0. The Bertz CT molecular complexity index is 469. The molecule has 0 radical (unpaired) electrons. The number of hydrogen-bond donors (Lipinski definition) is 2. The third-order valence-electron chi connectivity index (χ3n) is 3.53. The summed E-state index contributed by atoms with van der Waals surface area (Å²) < 4.78 is 0. The lowest BCUT2D eigenvalue weighted by atomic mass is 10.0. The monoisotopic (exact) mass is 257 g/mol. The van der Waals surface area contributed by atoms with Gasteiger partial charge in [0.25, 0.3) is 0 Å². The molecule has 2 atom stereocenters. The third-order valence-corrected chi connectivity index (χ3v) is 3.53. The minimum Gasteiger partial charge on any atom is -0.348 e. The number of carbonyl (C=O) groups excluding carboxylic acids is 1. The second-order valence-electron chi connectivity index (χ2n) is 4.97. The minimum atomic E-state index is -0.0606. The van der Waals surface area contributed by atoms with Gasteiger partial charge in [-0.1, -0.05) is 18.6 Å². The van der Waals surface area contributed by atoms with Crippen molar-refractivity contribution in [3.05, 3.63) is 35.4 Å². The number of nitrogens with one attached hydrogen (secondary N) is 2. The number of nitriles is 1. The van der Waals surface area contributed by atoms with Gasteiger partial charge in [-0.05, 0) is 44.0 Å². The first kappa shape index (κ1) is 13.6. The number of rotatable bonds is 3. The number of piperidine rings is 1. The number of nitrogens with zero attached hydrogens (tertiary/aromatic N) is 1. The molecule has 1 aromatic carbocycles. The van der Waals surface area contributed by atoms with Crippen LogP contribution in [-0.2, 0) is 4.79 Å². The van der Waals surface area contributed by atoms with Gasteiger partial charge in [-0.25, -0.2) is 0 Å². The first-order valence-corrected chi connectivity index (χ1v) is 6.74. The van der Waals surface area contributed by atoms with E-state index < -0.39 is 0 Å². The van der Waals surface area contributed by atoms with E-state index in [0.717, 1.165) is 31.4 Å². The van der Waals surface area contributed by atoms with E-state index in [-0.39, 0.29) is 18.0 Å². The molecule has 2 rings (SSSR count). The molecular formula is C15H19N3O. The fraction of sp³-hybridized carbons (Fsp3) is 0.467. The van der Waals surface area contributed by atoms with Gasteiger partial charge in [0.2, 0.25) is 5.91 Å². The van der Waals surface area contributed by atoms with Gasteiger partial charge in [0.1, 0.15) is 0 Å². The second-order valence-corrected chi connectivity index (χ2v) is 4.97. The standard InChI is InChI=1S/C15H19N3O/c1-11(13-7-5-12(10-16)6-8-13)18-15(19)14-4-2-3-9-17-14/h5-8,11,14,17H,2-4,9H2,1H3,(H,18,19)/t11?,14-/m0/s1. The normalized spacial score (nSPS) is 20.3. The van der Waals surface area contributed by atoms with E-state index >= 15 is 0 Å². The van der Waals surface area contributed by atoms with Gasteiger partial charge in [0.05, 0.1) is 23.7 Å². The highest BCUT2D eigenvalue weighted by atomic mass is 16.2. The van der Waals surface area contributed by atoms with Crippen LogP contribution in [0.2, 0.25) is 0 Å². The summed E-state index contributed by atoms with van der Waals surface area (Å²) in [6.45, 7) is 2.88. The van der Waals surface area contributed by atoms with Crippen molar-refractivity contribution in [1.82, 2.24) is 10.6 Å². The van der Waals surface area contributed by atoms with Crippen LogP contribution in [0, 0.1) is 11.3 Å². The van der Waals surface area contributed by atoms with Gasteiger partial charge in [-0.15, -0.1) is 0 Å². The minimum absolute atomic E-state index is 0.0380. The van der Waals surface area contributed by atoms with Gasteiger partial charge in [0.15, 0.2) is 0 Å². The first-order chi connectivity index (χ1) is 9.20. The summed E-state index contributed by atoms with van der Waals surface area (Å²) in [5.74, 6) is 0.0663. The molecule has 0 aromatic heterocycles. The zero-order valence-corrected chi connectivity index (χ0v) is 11.1. The average Bonchev–Trinajstić information content (AvgIpc) is 2.48. The molecule has 4 nitrogen and oxygen atoms in total. The Labute approximate surface area is 113 Å². The summed E-state index contributed by atoms with van der Waals surface area (Å²) in [5.41, 5.74) is 1.65. The van der Waals surface area contributed by atoms with E-state index in [0.29, 0.717) is 5.56 Å². The number of benzene rings is 1. The van der Waals surface area contributed by atoms with Crippen molar-refractivity contribution in [2.75, 3.05) is 6.54 Å². The van der Waals surface area contributed by atoms with Gasteiger partial charge < -0.3 is 10.6 Å². The molecule has 0 bridgehead atoms. The van der Waals surface area contributed by atoms with E-state index in [4.69, 9.17) is 5.26 Å². The zero-order chi connectivity index (χ0) is 13.7. The van der Waals surface area contributed by atoms with E-state index in [9.17, 15) is 4.79 Å². The van der Waals surface area contributed by atoms with E-state index in [1.807, 2.05) is 19.1 Å². The van der Waals surface area contributed by atoms with Crippen molar-refractivity contribution < 1.29 is 4.79 Å². The molecule has 2 N–H and O–H groups in total. The highest BCUT2D eigenvalue weighted by Gasteiger charge is 2.21. The van der Waals surface area contributed by atoms with Crippen LogP contribution in [0.25, 0.3) is 0 Å². The van der Waals surface area contributed by atoms with Crippen LogP contribution < -0.4 is 10.6 Å². The predicted molar refractivity (Wildman–Crippen MR) is 73.4 cm³/mol. The molecule has 0 aliphatic carbocycles. The second kappa shape index (κ2) is 6.35. The summed E-state index contributed by atoms with van der Waals surface area (Å²) >= 11 is 0. The summed E-state index contributed by atoms with van der Waals surface area (Å²) in [6, 6.07) is 9.31. The SMILES string of the molecule is CC(NC(=O)[C@@H]1CCCCN1)c1ccc(C#N)cc1. The molecule has 1 aliphatic rings. The Hall–Kier alpha value is -1.86. The van der Waals surface area contributed by atoms with Crippen LogP contribution in [0.5, 0.6) is 0 Å². The Kier molecular flexibility index (Phi) is 4.53. The first-order valence-electron chi connectivity index (χ1n) is 6.74. The molecular weight excluding hydrogens is 238 g/mol. The Morgan fingerprint density at radius 1 is 1.42 bits per heavy atom. The molecule has 100 valence electrons. The molecule has 19 heavy (non-hydrogen) atoms. The van der Waals surface area contributed by atoms with Crippen molar-refractivity contribution in [3.63, 3.8) is 0 Å². The topological polar surface area (TPSA) is 64.9 Å². The number of hydrogen-bond acceptors (Lipinski definition) is 3. The maximum absolute atomic E-state index is 12.1.